The first-order valence-electron chi connectivity index (χ1n) is 6.42. The number of ether oxygens (including phenoxy) is 2. The van der Waals surface area contributed by atoms with E-state index in [1.165, 1.54) is 4.88 Å². The second kappa shape index (κ2) is 5.99. The Hall–Kier alpha value is -1.30. The van der Waals surface area contributed by atoms with Crippen molar-refractivity contribution in [3.8, 4) is 11.5 Å². The van der Waals surface area contributed by atoms with Gasteiger partial charge in [-0.2, -0.15) is 0 Å². The van der Waals surface area contributed by atoms with Crippen LogP contribution in [0.2, 0.25) is 5.02 Å². The van der Waals surface area contributed by atoms with Crippen LogP contribution in [0.3, 0.4) is 0 Å². The summed E-state index contributed by atoms with van der Waals surface area (Å²) >= 11 is 7.91. The highest BCUT2D eigenvalue weighted by Gasteiger charge is 2.16. The summed E-state index contributed by atoms with van der Waals surface area (Å²) in [6.07, 6.45) is 1.91. The average Bonchev–Trinajstić information content (AvgIpc) is 2.85. The molecule has 6 heteroatoms. The van der Waals surface area contributed by atoms with Crippen molar-refractivity contribution in [2.75, 3.05) is 13.2 Å². The molecule has 0 amide bonds. The van der Waals surface area contributed by atoms with E-state index in [1.807, 2.05) is 25.3 Å². The van der Waals surface area contributed by atoms with E-state index >= 15 is 0 Å². The van der Waals surface area contributed by atoms with E-state index in [1.54, 1.807) is 11.3 Å². The molecule has 0 saturated heterocycles. The molecule has 20 heavy (non-hydrogen) atoms. The number of fused-ring (bicyclic) bond motifs is 1. The van der Waals surface area contributed by atoms with Gasteiger partial charge >= 0.3 is 0 Å². The average molecular weight is 311 g/mol. The number of benzene rings is 1. The zero-order valence-corrected chi connectivity index (χ0v) is 12.7. The molecule has 106 valence electrons. The fourth-order valence-corrected chi connectivity index (χ4v) is 3.14. The van der Waals surface area contributed by atoms with Gasteiger partial charge in [0.1, 0.15) is 13.2 Å². The molecular weight excluding hydrogens is 296 g/mol. The molecule has 1 N–H and O–H groups in total. The summed E-state index contributed by atoms with van der Waals surface area (Å²) in [5, 5.41) is 5.07. The number of thiazole rings is 1. The van der Waals surface area contributed by atoms with E-state index in [0.29, 0.717) is 24.0 Å². The highest BCUT2D eigenvalue weighted by atomic mass is 35.5. The maximum absolute atomic E-state index is 6.21. The predicted molar refractivity (Wildman–Crippen MR) is 79.8 cm³/mol. The second-order valence-corrected chi connectivity index (χ2v) is 6.28. The molecule has 4 nitrogen and oxygen atoms in total. The highest BCUT2D eigenvalue weighted by molar-refractivity contribution is 7.11. The van der Waals surface area contributed by atoms with Gasteiger partial charge in [0.15, 0.2) is 11.5 Å². The third-order valence-electron chi connectivity index (χ3n) is 2.95. The van der Waals surface area contributed by atoms with Crippen LogP contribution in [-0.4, -0.2) is 18.2 Å². The largest absolute Gasteiger partial charge is 0.486 e. The summed E-state index contributed by atoms with van der Waals surface area (Å²) in [6.45, 7) is 4.66. The summed E-state index contributed by atoms with van der Waals surface area (Å²) in [5.41, 5.74) is 1.08. The summed E-state index contributed by atoms with van der Waals surface area (Å²) in [4.78, 5) is 5.46. The zero-order chi connectivity index (χ0) is 13.9. The quantitative estimate of drug-likeness (QED) is 0.942. The fourth-order valence-electron chi connectivity index (χ4n) is 2.08. The van der Waals surface area contributed by atoms with Crippen molar-refractivity contribution < 1.29 is 9.47 Å². The van der Waals surface area contributed by atoms with Crippen LogP contribution >= 0.6 is 22.9 Å². The number of rotatable bonds is 4. The van der Waals surface area contributed by atoms with Crippen LogP contribution in [0.25, 0.3) is 0 Å². The minimum atomic E-state index is 0.551. The molecule has 1 aliphatic rings. The second-order valence-electron chi connectivity index (χ2n) is 4.55. The van der Waals surface area contributed by atoms with Gasteiger partial charge in [0.05, 0.1) is 10.0 Å². The van der Waals surface area contributed by atoms with Gasteiger partial charge in [0.2, 0.25) is 0 Å². The molecule has 0 radical (unpaired) electrons. The van der Waals surface area contributed by atoms with Gasteiger partial charge in [0.25, 0.3) is 0 Å². The molecule has 1 aromatic heterocycles. The topological polar surface area (TPSA) is 43.4 Å². The Kier molecular flexibility index (Phi) is 4.10. The number of aromatic nitrogens is 1. The molecule has 0 aliphatic carbocycles. The number of hydrogen-bond acceptors (Lipinski definition) is 5. The van der Waals surface area contributed by atoms with Crippen molar-refractivity contribution in [1.29, 1.82) is 0 Å². The van der Waals surface area contributed by atoms with Crippen molar-refractivity contribution in [2.24, 2.45) is 0 Å². The van der Waals surface area contributed by atoms with E-state index in [9.17, 15) is 0 Å². The predicted octanol–water partition coefficient (Wildman–Crippen LogP) is 3.17. The third-order valence-corrected chi connectivity index (χ3v) is 4.15. The molecule has 1 aromatic carbocycles. The van der Waals surface area contributed by atoms with Crippen LogP contribution in [0.15, 0.2) is 18.3 Å². The van der Waals surface area contributed by atoms with Gasteiger partial charge in [-0.3, -0.25) is 0 Å². The molecule has 0 saturated carbocycles. The van der Waals surface area contributed by atoms with Crippen LogP contribution in [0.1, 0.15) is 15.4 Å². The van der Waals surface area contributed by atoms with Crippen LogP contribution in [0, 0.1) is 6.92 Å². The maximum Gasteiger partial charge on any atom is 0.179 e. The van der Waals surface area contributed by atoms with E-state index in [-0.39, 0.29) is 0 Å². The number of halogens is 1. The number of aryl methyl sites for hydroxylation is 1. The first kappa shape index (κ1) is 13.7. The van der Waals surface area contributed by atoms with Gasteiger partial charge in [0, 0.05) is 24.2 Å². The lowest BCUT2D eigenvalue weighted by molar-refractivity contribution is 0.171. The summed E-state index contributed by atoms with van der Waals surface area (Å²) in [5.74, 6) is 1.38. The lowest BCUT2D eigenvalue weighted by Crippen LogP contribution is -2.17. The van der Waals surface area contributed by atoms with Gasteiger partial charge in [-0.1, -0.05) is 11.6 Å². The summed E-state index contributed by atoms with van der Waals surface area (Å²) in [6, 6.07) is 3.89. The third kappa shape index (κ3) is 3.06. The van der Waals surface area contributed by atoms with E-state index < -0.39 is 0 Å². The van der Waals surface area contributed by atoms with Crippen molar-refractivity contribution in [3.63, 3.8) is 0 Å². The molecule has 0 atom stereocenters. The first-order chi connectivity index (χ1) is 9.72. The molecule has 2 aromatic rings. The van der Waals surface area contributed by atoms with Crippen molar-refractivity contribution in [3.05, 3.63) is 38.8 Å². The van der Waals surface area contributed by atoms with Crippen LogP contribution in [-0.2, 0) is 13.1 Å². The number of nitrogens with zero attached hydrogens (tertiary/aromatic N) is 1. The van der Waals surface area contributed by atoms with Gasteiger partial charge in [-0.15, -0.1) is 11.3 Å². The molecule has 0 spiro atoms. The molecule has 0 bridgehead atoms. The fraction of sp³-hybridized carbons (Fsp3) is 0.357. The van der Waals surface area contributed by atoms with Gasteiger partial charge in [-0.25, -0.2) is 4.98 Å². The zero-order valence-electron chi connectivity index (χ0n) is 11.1. The van der Waals surface area contributed by atoms with Crippen LogP contribution < -0.4 is 14.8 Å². The maximum atomic E-state index is 6.21. The molecule has 0 fully saturated rings. The molecule has 2 heterocycles. The minimum absolute atomic E-state index is 0.551. The van der Waals surface area contributed by atoms with E-state index in [0.717, 1.165) is 29.4 Å². The summed E-state index contributed by atoms with van der Waals surface area (Å²) < 4.78 is 11.1. The SMILES string of the molecule is Cc1ncc(CNCc2cc(Cl)c3c(c2)OCCO3)s1. The Morgan fingerprint density at radius 1 is 1.30 bits per heavy atom. The smallest absolute Gasteiger partial charge is 0.179 e. The standard InChI is InChI=1S/C14H15ClN2O2S/c1-9-17-8-11(20-9)7-16-6-10-4-12(15)14-13(5-10)18-2-3-19-14/h4-5,8,16H,2-3,6-7H2,1H3. The summed E-state index contributed by atoms with van der Waals surface area (Å²) in [7, 11) is 0. The van der Waals surface area contributed by atoms with Crippen molar-refractivity contribution in [2.45, 2.75) is 20.0 Å². The number of nitrogens with one attached hydrogen (secondary N) is 1. The Morgan fingerprint density at radius 2 is 2.15 bits per heavy atom. The Labute approximate surface area is 126 Å². The molecule has 3 rings (SSSR count). The molecular formula is C14H15ClN2O2S. The Balaban J connectivity index is 1.64. The van der Waals surface area contributed by atoms with Crippen molar-refractivity contribution in [1.82, 2.24) is 10.3 Å². The van der Waals surface area contributed by atoms with Crippen LogP contribution in [0.4, 0.5) is 0 Å². The normalized spacial score (nSPS) is 13.5. The monoisotopic (exact) mass is 310 g/mol. The van der Waals surface area contributed by atoms with E-state index in [2.05, 4.69) is 10.3 Å². The lowest BCUT2D eigenvalue weighted by Gasteiger charge is -2.20. The lowest BCUT2D eigenvalue weighted by atomic mass is 10.2. The molecule has 0 unspecified atom stereocenters. The van der Waals surface area contributed by atoms with Crippen LogP contribution in [0.5, 0.6) is 11.5 Å². The highest BCUT2D eigenvalue weighted by Crippen LogP contribution is 2.38. The number of hydrogen-bond donors (Lipinski definition) is 1. The Morgan fingerprint density at radius 3 is 2.95 bits per heavy atom. The van der Waals surface area contributed by atoms with Gasteiger partial charge in [-0.05, 0) is 24.6 Å². The van der Waals surface area contributed by atoms with Gasteiger partial charge < -0.3 is 14.8 Å². The first-order valence-corrected chi connectivity index (χ1v) is 7.62. The van der Waals surface area contributed by atoms with E-state index in [4.69, 9.17) is 21.1 Å². The molecule has 1 aliphatic heterocycles. The minimum Gasteiger partial charge on any atom is -0.486 e. The Bertz CT molecular complexity index is 615. The van der Waals surface area contributed by atoms with Crippen molar-refractivity contribution >= 4 is 22.9 Å².